The van der Waals surface area contributed by atoms with Crippen molar-refractivity contribution in [1.82, 2.24) is 14.5 Å². The second-order valence-corrected chi connectivity index (χ2v) is 9.54. The van der Waals surface area contributed by atoms with Crippen LogP contribution in [-0.2, 0) is 10.0 Å². The number of nitrogens with zero attached hydrogens (tertiary/aromatic N) is 3. The number of pyridine rings is 1. The summed E-state index contributed by atoms with van der Waals surface area (Å²) in [6.45, 7) is 4.26. The quantitative estimate of drug-likeness (QED) is 0.372. The number of fused-ring (bicyclic) bond motifs is 1. The lowest BCUT2D eigenvalue weighted by Crippen LogP contribution is -2.31. The standard InChI is InChI=1S/C20H20F5N5O3S/c1-4-20(24,25)8-34(32,33)29-16-13(21)6-11(14(22)15(16)23)12-5-10-7-27-19(26)28-17(10)30(9(2)3)18(12)31/h5-7,9,29H,4,8H2,1-3H3,(H2,26,27,28). The van der Waals surface area contributed by atoms with E-state index in [9.17, 15) is 35.2 Å². The van der Waals surface area contributed by atoms with Gasteiger partial charge in [-0.15, -0.1) is 0 Å². The lowest BCUT2D eigenvalue weighted by atomic mass is 10.0. The van der Waals surface area contributed by atoms with Crippen LogP contribution in [-0.4, -0.2) is 34.6 Å². The summed E-state index contributed by atoms with van der Waals surface area (Å²) in [5.41, 5.74) is 2.08. The molecule has 14 heteroatoms. The average molecular weight is 505 g/mol. The molecule has 1 aromatic carbocycles. The Balaban J connectivity index is 2.19. The largest absolute Gasteiger partial charge is 0.368 e. The minimum Gasteiger partial charge on any atom is -0.368 e. The van der Waals surface area contributed by atoms with Crippen molar-refractivity contribution in [3.8, 4) is 11.1 Å². The summed E-state index contributed by atoms with van der Waals surface area (Å²) in [7, 11) is -4.94. The maximum absolute atomic E-state index is 15.0. The Morgan fingerprint density at radius 1 is 1.15 bits per heavy atom. The predicted molar refractivity (Wildman–Crippen MR) is 117 cm³/mol. The van der Waals surface area contributed by atoms with Gasteiger partial charge in [-0.25, -0.2) is 35.4 Å². The highest BCUT2D eigenvalue weighted by Gasteiger charge is 2.35. The van der Waals surface area contributed by atoms with E-state index in [0.717, 1.165) is 17.6 Å². The summed E-state index contributed by atoms with van der Waals surface area (Å²) >= 11 is 0. The third kappa shape index (κ3) is 4.81. The van der Waals surface area contributed by atoms with Crippen molar-refractivity contribution < 1.29 is 30.4 Å². The van der Waals surface area contributed by atoms with Gasteiger partial charge >= 0.3 is 0 Å². The molecule has 8 nitrogen and oxygen atoms in total. The smallest absolute Gasteiger partial charge is 0.263 e. The third-order valence-electron chi connectivity index (χ3n) is 4.93. The summed E-state index contributed by atoms with van der Waals surface area (Å²) in [6, 6.07) is 0.992. The Morgan fingerprint density at radius 2 is 1.79 bits per heavy atom. The molecule has 0 radical (unpaired) electrons. The fourth-order valence-electron chi connectivity index (χ4n) is 3.26. The molecule has 184 valence electrons. The summed E-state index contributed by atoms with van der Waals surface area (Å²) in [4.78, 5) is 20.9. The van der Waals surface area contributed by atoms with Gasteiger partial charge in [0.1, 0.15) is 17.1 Å². The maximum Gasteiger partial charge on any atom is 0.263 e. The number of nitrogens with two attached hydrogens (primary N) is 1. The first-order valence-electron chi connectivity index (χ1n) is 9.91. The molecular formula is C20H20F5N5O3S. The first kappa shape index (κ1) is 25.3. The fourth-order valence-corrected chi connectivity index (χ4v) is 4.59. The molecule has 2 heterocycles. The van der Waals surface area contributed by atoms with Crippen molar-refractivity contribution in [1.29, 1.82) is 0 Å². The van der Waals surface area contributed by atoms with E-state index in [0.29, 0.717) is 6.07 Å². The number of benzene rings is 1. The summed E-state index contributed by atoms with van der Waals surface area (Å²) in [5.74, 6) is -10.9. The van der Waals surface area contributed by atoms with Crippen LogP contribution >= 0.6 is 0 Å². The topological polar surface area (TPSA) is 120 Å². The van der Waals surface area contributed by atoms with Gasteiger partial charge in [-0.1, -0.05) is 6.92 Å². The van der Waals surface area contributed by atoms with Crippen LogP contribution in [0.25, 0.3) is 22.2 Å². The third-order valence-corrected chi connectivity index (χ3v) is 6.25. The molecule has 0 spiro atoms. The number of alkyl halides is 2. The zero-order valence-electron chi connectivity index (χ0n) is 18.2. The van der Waals surface area contributed by atoms with Crippen LogP contribution in [0.1, 0.15) is 33.2 Å². The van der Waals surface area contributed by atoms with Crippen LogP contribution in [0.2, 0.25) is 0 Å². The van der Waals surface area contributed by atoms with Crippen molar-refractivity contribution >= 4 is 32.7 Å². The number of aromatic nitrogens is 3. The number of halogens is 5. The number of hydrogen-bond acceptors (Lipinski definition) is 6. The summed E-state index contributed by atoms with van der Waals surface area (Å²) in [6.07, 6.45) is 0.395. The molecule has 34 heavy (non-hydrogen) atoms. The first-order valence-corrected chi connectivity index (χ1v) is 11.6. The molecule has 0 fully saturated rings. The number of hydrogen-bond donors (Lipinski definition) is 2. The summed E-state index contributed by atoms with van der Waals surface area (Å²) in [5, 5.41) is 0.212. The highest BCUT2D eigenvalue weighted by atomic mass is 32.2. The second kappa shape index (κ2) is 8.81. The number of sulfonamides is 1. The number of anilines is 2. The maximum atomic E-state index is 15.0. The second-order valence-electron chi connectivity index (χ2n) is 7.81. The molecule has 0 saturated heterocycles. The van der Waals surface area contributed by atoms with E-state index in [2.05, 4.69) is 9.97 Å². The van der Waals surface area contributed by atoms with Gasteiger partial charge in [0, 0.05) is 29.6 Å². The molecule has 3 aromatic rings. The van der Waals surface area contributed by atoms with Gasteiger partial charge in [0.2, 0.25) is 16.0 Å². The van der Waals surface area contributed by atoms with Crippen LogP contribution in [0.5, 0.6) is 0 Å². The highest BCUT2D eigenvalue weighted by molar-refractivity contribution is 7.92. The zero-order chi connectivity index (χ0) is 25.6. The van der Waals surface area contributed by atoms with Crippen LogP contribution in [0.4, 0.5) is 33.6 Å². The molecule has 0 amide bonds. The van der Waals surface area contributed by atoms with E-state index in [4.69, 9.17) is 5.73 Å². The lowest BCUT2D eigenvalue weighted by Gasteiger charge is -2.18. The van der Waals surface area contributed by atoms with Crippen molar-refractivity contribution in [2.45, 2.75) is 39.2 Å². The van der Waals surface area contributed by atoms with Crippen LogP contribution in [0, 0.1) is 17.5 Å². The number of nitrogen functional groups attached to an aromatic ring is 1. The van der Waals surface area contributed by atoms with Gasteiger partial charge in [0.15, 0.2) is 17.5 Å². The molecule has 0 unspecified atom stereocenters. The Bertz CT molecular complexity index is 1440. The molecule has 0 saturated carbocycles. The Morgan fingerprint density at radius 3 is 2.38 bits per heavy atom. The van der Waals surface area contributed by atoms with Gasteiger partial charge in [-0.05, 0) is 26.0 Å². The monoisotopic (exact) mass is 505 g/mol. The molecule has 0 bridgehead atoms. The Kier molecular flexibility index (Phi) is 6.57. The van der Waals surface area contributed by atoms with Crippen molar-refractivity contribution in [3.05, 3.63) is 46.1 Å². The minimum absolute atomic E-state index is 0.110. The molecule has 0 aliphatic carbocycles. The van der Waals surface area contributed by atoms with Crippen molar-refractivity contribution in [3.63, 3.8) is 0 Å². The number of nitrogens with one attached hydrogen (secondary N) is 1. The lowest BCUT2D eigenvalue weighted by molar-refractivity contribution is 0.0219. The van der Waals surface area contributed by atoms with Crippen LogP contribution in [0.3, 0.4) is 0 Å². The highest BCUT2D eigenvalue weighted by Crippen LogP contribution is 2.32. The van der Waals surface area contributed by atoms with Gasteiger partial charge in [-0.2, -0.15) is 4.98 Å². The fraction of sp³-hybridized carbons (Fsp3) is 0.350. The van der Waals surface area contributed by atoms with E-state index >= 15 is 0 Å². The van der Waals surface area contributed by atoms with Crippen LogP contribution < -0.4 is 16.0 Å². The van der Waals surface area contributed by atoms with Crippen LogP contribution in [0.15, 0.2) is 23.1 Å². The van der Waals surface area contributed by atoms with Gasteiger partial charge < -0.3 is 5.73 Å². The summed E-state index contributed by atoms with van der Waals surface area (Å²) < 4.78 is 97.8. The SMILES string of the molecule is CCC(F)(F)CS(=O)(=O)Nc1c(F)cc(-c2cc3cnc(N)nc3n(C(C)C)c2=O)c(F)c1F. The molecule has 3 rings (SSSR count). The predicted octanol–water partition coefficient (Wildman–Crippen LogP) is 3.83. The molecular weight excluding hydrogens is 485 g/mol. The number of rotatable bonds is 7. The van der Waals surface area contributed by atoms with Gasteiger partial charge in [0.25, 0.3) is 11.5 Å². The van der Waals surface area contributed by atoms with Gasteiger partial charge in [-0.3, -0.25) is 14.1 Å². The minimum atomic E-state index is -4.94. The molecule has 2 aromatic heterocycles. The normalized spacial score (nSPS) is 12.5. The molecule has 3 N–H and O–H groups in total. The van der Waals surface area contributed by atoms with E-state index in [1.165, 1.54) is 10.9 Å². The molecule has 0 aliphatic heterocycles. The van der Waals surface area contributed by atoms with Crippen molar-refractivity contribution in [2.75, 3.05) is 16.2 Å². The van der Waals surface area contributed by atoms with E-state index < -0.39 is 74.0 Å². The van der Waals surface area contributed by atoms with Crippen molar-refractivity contribution in [2.24, 2.45) is 0 Å². The zero-order valence-corrected chi connectivity index (χ0v) is 19.0. The first-order chi connectivity index (χ1) is 15.7. The molecule has 0 atom stereocenters. The van der Waals surface area contributed by atoms with Gasteiger partial charge in [0.05, 0.1) is 5.56 Å². The molecule has 0 aliphatic rings. The average Bonchev–Trinajstić information content (AvgIpc) is 2.72. The Labute approximate surface area is 190 Å². The van der Waals surface area contributed by atoms with E-state index in [1.807, 2.05) is 0 Å². The van der Waals surface area contributed by atoms with E-state index in [-0.39, 0.29) is 17.0 Å². The Hall–Kier alpha value is -3.29. The van der Waals surface area contributed by atoms with E-state index in [1.54, 1.807) is 13.8 Å².